The van der Waals surface area contributed by atoms with Gasteiger partial charge in [-0.05, 0) is 71.7 Å². The van der Waals surface area contributed by atoms with Crippen molar-refractivity contribution in [1.82, 2.24) is 4.90 Å². The first kappa shape index (κ1) is 21.1. The number of aryl methyl sites for hydroxylation is 1. The van der Waals surface area contributed by atoms with Gasteiger partial charge in [0.05, 0.1) is 6.04 Å². The fraction of sp³-hybridized carbons (Fsp3) is 0.296. The molecule has 0 bridgehead atoms. The second-order valence-electron chi connectivity index (χ2n) is 8.57. The largest absolute Gasteiger partial charge is 0.322 e. The lowest BCUT2D eigenvalue weighted by Crippen LogP contribution is -2.39. The van der Waals surface area contributed by atoms with Crippen molar-refractivity contribution in [3.63, 3.8) is 0 Å². The van der Waals surface area contributed by atoms with E-state index < -0.39 is 0 Å². The zero-order valence-corrected chi connectivity index (χ0v) is 18.1. The van der Waals surface area contributed by atoms with Crippen LogP contribution >= 0.6 is 0 Å². The highest BCUT2D eigenvalue weighted by atomic mass is 19.1. The van der Waals surface area contributed by atoms with E-state index in [4.69, 9.17) is 0 Å². The van der Waals surface area contributed by atoms with Gasteiger partial charge in [-0.2, -0.15) is 0 Å². The van der Waals surface area contributed by atoms with Gasteiger partial charge in [0.1, 0.15) is 5.82 Å². The number of rotatable bonds is 5. The maximum atomic E-state index is 13.5. The molecule has 4 heteroatoms. The third kappa shape index (κ3) is 4.96. The van der Waals surface area contributed by atoms with Crippen molar-refractivity contribution in [3.05, 3.63) is 101 Å². The third-order valence-corrected chi connectivity index (χ3v) is 6.07. The number of benzene rings is 3. The molecule has 3 nitrogen and oxygen atoms in total. The Morgan fingerprint density at radius 2 is 1.74 bits per heavy atom. The fourth-order valence-corrected chi connectivity index (χ4v) is 4.31. The average molecular weight is 417 g/mol. The number of nitrogens with one attached hydrogen (secondary N) is 1. The number of fused-ring (bicyclic) bond motifs is 1. The summed E-state index contributed by atoms with van der Waals surface area (Å²) >= 11 is 0. The summed E-state index contributed by atoms with van der Waals surface area (Å²) in [6.45, 7) is 4.73. The molecule has 4 rings (SSSR count). The number of amides is 2. The number of urea groups is 1. The zero-order chi connectivity index (χ0) is 21.8. The summed E-state index contributed by atoms with van der Waals surface area (Å²) in [5, 5.41) is 3.08. The predicted octanol–water partition coefficient (Wildman–Crippen LogP) is 7.06. The van der Waals surface area contributed by atoms with Crippen LogP contribution in [-0.4, -0.2) is 10.9 Å². The Hall–Kier alpha value is -3.14. The average Bonchev–Trinajstić information content (AvgIpc) is 2.78. The van der Waals surface area contributed by atoms with Crippen molar-refractivity contribution < 1.29 is 9.18 Å². The number of nitrogens with zero attached hydrogens (tertiary/aromatic N) is 1. The topological polar surface area (TPSA) is 32.3 Å². The van der Waals surface area contributed by atoms with E-state index in [1.165, 1.54) is 28.8 Å². The maximum absolute atomic E-state index is 13.5. The SMILES string of the molecule is CC(C)c1ccc(NC(=O)N(Cc2ccc(F)cc2)C2CCCc3ccccc32)cc1. The van der Waals surface area contributed by atoms with E-state index in [0.717, 1.165) is 30.5 Å². The molecule has 1 N–H and O–H groups in total. The molecule has 1 atom stereocenters. The van der Waals surface area contributed by atoms with Crippen LogP contribution in [0.3, 0.4) is 0 Å². The van der Waals surface area contributed by atoms with Crippen molar-refractivity contribution >= 4 is 11.7 Å². The Bertz CT molecular complexity index is 1030. The zero-order valence-electron chi connectivity index (χ0n) is 18.1. The second kappa shape index (κ2) is 9.34. The summed E-state index contributed by atoms with van der Waals surface area (Å²) in [5.41, 5.74) is 5.44. The molecule has 3 aromatic carbocycles. The van der Waals surface area contributed by atoms with Gasteiger partial charge < -0.3 is 10.2 Å². The standard InChI is InChI=1S/C27H29FN2O/c1-19(2)21-12-16-24(17-13-21)29-27(31)30(18-20-10-14-23(28)15-11-20)26-9-5-7-22-6-3-4-8-25(22)26/h3-4,6,8,10-17,19,26H,5,7,9,18H2,1-2H3,(H,29,31). The number of carbonyl (C=O) groups excluding carboxylic acids is 1. The molecule has 2 amide bonds. The lowest BCUT2D eigenvalue weighted by Gasteiger charge is -2.36. The first-order chi connectivity index (χ1) is 15.0. The summed E-state index contributed by atoms with van der Waals surface area (Å²) < 4.78 is 13.4. The first-order valence-electron chi connectivity index (χ1n) is 11.0. The highest BCUT2D eigenvalue weighted by molar-refractivity contribution is 5.89. The van der Waals surface area contributed by atoms with E-state index >= 15 is 0 Å². The third-order valence-electron chi connectivity index (χ3n) is 6.07. The van der Waals surface area contributed by atoms with E-state index in [1.807, 2.05) is 23.1 Å². The van der Waals surface area contributed by atoms with Crippen molar-refractivity contribution in [1.29, 1.82) is 0 Å². The summed E-state index contributed by atoms with van der Waals surface area (Å²) in [6, 6.07) is 22.7. The Labute approximate surface area is 183 Å². The van der Waals surface area contributed by atoms with Crippen LogP contribution < -0.4 is 5.32 Å². The fourth-order valence-electron chi connectivity index (χ4n) is 4.31. The molecule has 0 aliphatic heterocycles. The van der Waals surface area contributed by atoms with Gasteiger partial charge in [0.15, 0.2) is 0 Å². The lowest BCUT2D eigenvalue weighted by atomic mass is 9.86. The van der Waals surface area contributed by atoms with Crippen LogP contribution in [0.4, 0.5) is 14.9 Å². The lowest BCUT2D eigenvalue weighted by molar-refractivity contribution is 0.175. The highest BCUT2D eigenvalue weighted by Gasteiger charge is 2.29. The molecule has 0 saturated heterocycles. The van der Waals surface area contributed by atoms with Gasteiger partial charge in [-0.3, -0.25) is 0 Å². The molecule has 0 heterocycles. The summed E-state index contributed by atoms with van der Waals surface area (Å²) in [4.78, 5) is 15.3. The first-order valence-corrected chi connectivity index (χ1v) is 11.0. The number of hydrogen-bond acceptors (Lipinski definition) is 1. The Morgan fingerprint density at radius 3 is 2.45 bits per heavy atom. The molecule has 160 valence electrons. The Morgan fingerprint density at radius 1 is 1.03 bits per heavy atom. The summed E-state index contributed by atoms with van der Waals surface area (Å²) in [6.07, 6.45) is 2.99. The van der Waals surface area contributed by atoms with Crippen LogP contribution in [0, 0.1) is 5.82 Å². The minimum absolute atomic E-state index is 0.00931. The maximum Gasteiger partial charge on any atom is 0.322 e. The van der Waals surface area contributed by atoms with Gasteiger partial charge >= 0.3 is 6.03 Å². The number of carbonyl (C=O) groups is 1. The minimum atomic E-state index is -0.270. The van der Waals surface area contributed by atoms with E-state index in [-0.39, 0.29) is 17.9 Å². The van der Waals surface area contributed by atoms with E-state index in [9.17, 15) is 9.18 Å². The molecule has 1 aliphatic rings. The molecule has 1 unspecified atom stereocenters. The molecule has 3 aromatic rings. The van der Waals surface area contributed by atoms with E-state index in [2.05, 4.69) is 49.5 Å². The summed E-state index contributed by atoms with van der Waals surface area (Å²) in [7, 11) is 0. The highest BCUT2D eigenvalue weighted by Crippen LogP contribution is 2.35. The quantitative estimate of drug-likeness (QED) is 0.474. The minimum Gasteiger partial charge on any atom is -0.313 e. The molecule has 0 radical (unpaired) electrons. The Balaban J connectivity index is 1.62. The van der Waals surface area contributed by atoms with Gasteiger partial charge in [-0.15, -0.1) is 0 Å². The molecule has 1 aliphatic carbocycles. The van der Waals surface area contributed by atoms with Crippen molar-refractivity contribution in [2.24, 2.45) is 0 Å². The number of hydrogen-bond donors (Lipinski definition) is 1. The smallest absolute Gasteiger partial charge is 0.313 e. The van der Waals surface area contributed by atoms with Gasteiger partial charge in [-0.1, -0.05) is 62.4 Å². The molecule has 0 fully saturated rings. The van der Waals surface area contributed by atoms with Crippen LogP contribution in [0.5, 0.6) is 0 Å². The molecule has 31 heavy (non-hydrogen) atoms. The van der Waals surface area contributed by atoms with Crippen LogP contribution in [-0.2, 0) is 13.0 Å². The van der Waals surface area contributed by atoms with Crippen molar-refractivity contribution in [2.45, 2.75) is 51.6 Å². The molecule has 0 spiro atoms. The predicted molar refractivity (Wildman–Crippen MR) is 124 cm³/mol. The monoisotopic (exact) mass is 416 g/mol. The molecular formula is C27H29FN2O. The van der Waals surface area contributed by atoms with Crippen molar-refractivity contribution in [2.75, 3.05) is 5.32 Å². The summed E-state index contributed by atoms with van der Waals surface area (Å²) in [5.74, 6) is 0.173. The van der Waals surface area contributed by atoms with Gasteiger partial charge in [0.25, 0.3) is 0 Å². The molecule has 0 saturated carbocycles. The molecular weight excluding hydrogens is 387 g/mol. The van der Waals surface area contributed by atoms with Gasteiger partial charge in [0.2, 0.25) is 0 Å². The van der Waals surface area contributed by atoms with Crippen LogP contribution in [0.25, 0.3) is 0 Å². The molecule has 0 aromatic heterocycles. The number of halogens is 1. The van der Waals surface area contributed by atoms with E-state index in [1.54, 1.807) is 12.1 Å². The second-order valence-corrected chi connectivity index (χ2v) is 8.57. The normalized spacial score (nSPS) is 15.4. The van der Waals surface area contributed by atoms with Crippen LogP contribution in [0.15, 0.2) is 72.8 Å². The van der Waals surface area contributed by atoms with Gasteiger partial charge in [-0.25, -0.2) is 9.18 Å². The van der Waals surface area contributed by atoms with E-state index in [0.29, 0.717) is 12.5 Å². The van der Waals surface area contributed by atoms with Gasteiger partial charge in [0, 0.05) is 12.2 Å². The van der Waals surface area contributed by atoms with Crippen LogP contribution in [0.1, 0.15) is 60.9 Å². The Kier molecular flexibility index (Phi) is 6.36. The van der Waals surface area contributed by atoms with Crippen molar-refractivity contribution in [3.8, 4) is 0 Å². The van der Waals surface area contributed by atoms with Crippen LogP contribution in [0.2, 0.25) is 0 Å². The number of anilines is 1.